The van der Waals surface area contributed by atoms with E-state index in [4.69, 9.17) is 0 Å². The van der Waals surface area contributed by atoms with Crippen LogP contribution in [0.5, 0.6) is 0 Å². The first-order chi connectivity index (χ1) is 11.6. The Morgan fingerprint density at radius 2 is 1.96 bits per heavy atom. The molecule has 24 heavy (non-hydrogen) atoms. The van der Waals surface area contributed by atoms with E-state index in [0.29, 0.717) is 0 Å². The van der Waals surface area contributed by atoms with Gasteiger partial charge in [0, 0.05) is 35.9 Å². The lowest BCUT2D eigenvalue weighted by atomic mass is 10.1. The highest BCUT2D eigenvalue weighted by atomic mass is 15.3. The molecule has 3 aromatic rings. The molecule has 0 aliphatic heterocycles. The van der Waals surface area contributed by atoms with Crippen LogP contribution in [0.1, 0.15) is 35.6 Å². The van der Waals surface area contributed by atoms with Crippen molar-refractivity contribution in [2.75, 3.05) is 6.54 Å². The molecule has 0 fully saturated rings. The molecule has 124 valence electrons. The molecular formula is C19H23N5. The van der Waals surface area contributed by atoms with Crippen LogP contribution in [0.15, 0.2) is 48.9 Å². The van der Waals surface area contributed by atoms with E-state index in [1.165, 1.54) is 5.56 Å². The summed E-state index contributed by atoms with van der Waals surface area (Å²) in [7, 11) is 0. The Hall–Kier alpha value is -2.53. The molecule has 5 nitrogen and oxygen atoms in total. The van der Waals surface area contributed by atoms with Crippen molar-refractivity contribution in [3.63, 3.8) is 0 Å². The molecule has 5 heteroatoms. The van der Waals surface area contributed by atoms with E-state index in [0.717, 1.165) is 35.7 Å². The number of nitrogens with zero attached hydrogens (tertiary/aromatic N) is 4. The van der Waals surface area contributed by atoms with Gasteiger partial charge in [-0.15, -0.1) is 0 Å². The molecule has 3 rings (SSSR count). The Morgan fingerprint density at radius 3 is 2.62 bits per heavy atom. The van der Waals surface area contributed by atoms with E-state index in [1.807, 2.05) is 37.0 Å². The molecule has 2 aromatic heterocycles. The molecule has 2 heterocycles. The molecule has 0 saturated carbocycles. The van der Waals surface area contributed by atoms with E-state index in [1.54, 1.807) is 6.20 Å². The predicted molar refractivity (Wildman–Crippen MR) is 95.2 cm³/mol. The number of benzene rings is 1. The van der Waals surface area contributed by atoms with Crippen LogP contribution < -0.4 is 5.32 Å². The second-order valence-corrected chi connectivity index (χ2v) is 6.00. The van der Waals surface area contributed by atoms with Crippen LogP contribution in [0.3, 0.4) is 0 Å². The van der Waals surface area contributed by atoms with Gasteiger partial charge < -0.3 is 5.32 Å². The van der Waals surface area contributed by atoms with Gasteiger partial charge in [0.2, 0.25) is 0 Å². The zero-order valence-electron chi connectivity index (χ0n) is 14.4. The van der Waals surface area contributed by atoms with Gasteiger partial charge in [-0.3, -0.25) is 0 Å². The minimum Gasteiger partial charge on any atom is -0.310 e. The summed E-state index contributed by atoms with van der Waals surface area (Å²) in [6.45, 7) is 7.02. The molecule has 0 aliphatic rings. The summed E-state index contributed by atoms with van der Waals surface area (Å²) < 4.78 is 1.87. The lowest BCUT2D eigenvalue weighted by Crippen LogP contribution is -2.22. The van der Waals surface area contributed by atoms with Gasteiger partial charge in [0.05, 0.1) is 5.69 Å². The third kappa shape index (κ3) is 3.86. The van der Waals surface area contributed by atoms with Gasteiger partial charge in [-0.05, 0) is 57.5 Å². The Kier molecular flexibility index (Phi) is 5.01. The zero-order chi connectivity index (χ0) is 16.9. The smallest absolute Gasteiger partial charge is 0.125 e. The summed E-state index contributed by atoms with van der Waals surface area (Å²) in [6.07, 6.45) is 6.64. The molecular weight excluding hydrogens is 298 g/mol. The van der Waals surface area contributed by atoms with Crippen molar-refractivity contribution < 1.29 is 0 Å². The Labute approximate surface area is 142 Å². The Balaban J connectivity index is 1.54. The van der Waals surface area contributed by atoms with Gasteiger partial charge in [-0.2, -0.15) is 5.10 Å². The van der Waals surface area contributed by atoms with E-state index >= 15 is 0 Å². The molecule has 1 atom stereocenters. The number of aromatic nitrogens is 4. The number of nitrogens with one attached hydrogen (secondary N) is 1. The fourth-order valence-electron chi connectivity index (χ4n) is 2.80. The van der Waals surface area contributed by atoms with Crippen LogP contribution in [0, 0.1) is 13.8 Å². The quantitative estimate of drug-likeness (QED) is 0.757. The number of hydrogen-bond donors (Lipinski definition) is 1. The molecule has 0 saturated heterocycles. The van der Waals surface area contributed by atoms with Crippen molar-refractivity contribution in [3.05, 3.63) is 71.6 Å². The molecule has 0 unspecified atom stereocenters. The molecule has 0 aliphatic carbocycles. The fourth-order valence-corrected chi connectivity index (χ4v) is 2.80. The van der Waals surface area contributed by atoms with E-state index in [9.17, 15) is 0 Å². The lowest BCUT2D eigenvalue weighted by Gasteiger charge is -2.16. The first kappa shape index (κ1) is 16.3. The molecule has 0 amide bonds. The summed E-state index contributed by atoms with van der Waals surface area (Å²) in [4.78, 5) is 8.74. The largest absolute Gasteiger partial charge is 0.310 e. The lowest BCUT2D eigenvalue weighted by molar-refractivity contribution is 0.569. The average Bonchev–Trinajstić information content (AvgIpc) is 3.10. The van der Waals surface area contributed by atoms with Gasteiger partial charge >= 0.3 is 0 Å². The molecule has 0 radical (unpaired) electrons. The van der Waals surface area contributed by atoms with Crippen molar-refractivity contribution >= 4 is 0 Å². The fraction of sp³-hybridized carbons (Fsp3) is 0.316. The van der Waals surface area contributed by atoms with E-state index < -0.39 is 0 Å². The van der Waals surface area contributed by atoms with Crippen molar-refractivity contribution in [1.29, 1.82) is 0 Å². The average molecular weight is 321 g/mol. The summed E-state index contributed by atoms with van der Waals surface area (Å²) in [5.41, 5.74) is 4.60. The maximum Gasteiger partial charge on any atom is 0.125 e. The zero-order valence-corrected chi connectivity index (χ0v) is 14.4. The number of aryl methyl sites for hydroxylation is 2. The number of rotatable bonds is 6. The van der Waals surface area contributed by atoms with Crippen LogP contribution in [-0.2, 0) is 6.42 Å². The molecule has 0 bridgehead atoms. The Morgan fingerprint density at radius 1 is 1.17 bits per heavy atom. The minimum absolute atomic E-state index is 0.244. The van der Waals surface area contributed by atoms with Crippen molar-refractivity contribution in [2.45, 2.75) is 33.2 Å². The van der Waals surface area contributed by atoms with Crippen molar-refractivity contribution in [2.24, 2.45) is 0 Å². The third-order valence-electron chi connectivity index (χ3n) is 4.17. The number of hydrogen-bond acceptors (Lipinski definition) is 4. The molecule has 0 spiro atoms. The van der Waals surface area contributed by atoms with Gasteiger partial charge in [0.25, 0.3) is 0 Å². The molecule has 1 aromatic carbocycles. The first-order valence-electron chi connectivity index (χ1n) is 8.26. The summed E-state index contributed by atoms with van der Waals surface area (Å²) in [6, 6.07) is 10.7. The summed E-state index contributed by atoms with van der Waals surface area (Å²) >= 11 is 0. The first-order valence-corrected chi connectivity index (χ1v) is 8.26. The Bertz CT molecular complexity index is 778. The van der Waals surface area contributed by atoms with Crippen LogP contribution in [-0.4, -0.2) is 26.3 Å². The minimum atomic E-state index is 0.244. The van der Waals surface area contributed by atoms with Gasteiger partial charge in [0.15, 0.2) is 0 Å². The highest BCUT2D eigenvalue weighted by molar-refractivity contribution is 5.33. The maximum absolute atomic E-state index is 4.44. The highest BCUT2D eigenvalue weighted by Gasteiger charge is 2.09. The topological polar surface area (TPSA) is 55.6 Å². The van der Waals surface area contributed by atoms with Gasteiger partial charge in [-0.25, -0.2) is 14.6 Å². The van der Waals surface area contributed by atoms with Crippen LogP contribution >= 0.6 is 0 Å². The van der Waals surface area contributed by atoms with E-state index in [2.05, 4.69) is 51.6 Å². The third-order valence-corrected chi connectivity index (χ3v) is 4.17. The van der Waals surface area contributed by atoms with Crippen LogP contribution in [0.25, 0.3) is 5.69 Å². The molecule has 1 N–H and O–H groups in total. The van der Waals surface area contributed by atoms with Crippen LogP contribution in [0.4, 0.5) is 0 Å². The monoisotopic (exact) mass is 321 g/mol. The van der Waals surface area contributed by atoms with Crippen molar-refractivity contribution in [3.8, 4) is 5.69 Å². The van der Waals surface area contributed by atoms with Gasteiger partial charge in [0.1, 0.15) is 5.82 Å². The second-order valence-electron chi connectivity index (χ2n) is 6.00. The summed E-state index contributed by atoms with van der Waals surface area (Å²) in [5.74, 6) is 0.820. The van der Waals surface area contributed by atoms with E-state index in [-0.39, 0.29) is 6.04 Å². The maximum atomic E-state index is 4.44. The SMILES string of the molecule is Cc1ncc([C@H](C)NCCc2ccc(-n3cccn3)cc2)c(C)n1. The van der Waals surface area contributed by atoms with Crippen molar-refractivity contribution in [1.82, 2.24) is 25.1 Å². The highest BCUT2D eigenvalue weighted by Crippen LogP contribution is 2.15. The predicted octanol–water partition coefficient (Wildman–Crippen LogP) is 3.17. The van der Waals surface area contributed by atoms with Crippen LogP contribution in [0.2, 0.25) is 0 Å². The summed E-state index contributed by atoms with van der Waals surface area (Å²) in [5, 5.41) is 7.79. The second kappa shape index (κ2) is 7.36. The standard InChI is InChI=1S/C19H23N5/c1-14(19-13-21-16(3)23-15(19)2)20-11-9-17-5-7-18(8-6-17)24-12-4-10-22-24/h4-8,10,12-14,20H,9,11H2,1-3H3/t14-/m0/s1. The normalized spacial score (nSPS) is 12.3. The van der Waals surface area contributed by atoms with Gasteiger partial charge in [-0.1, -0.05) is 12.1 Å².